The minimum Gasteiger partial charge on any atom is -0.137 e. The van der Waals surface area contributed by atoms with Gasteiger partial charge in [-0.3, -0.25) is 0 Å². The van der Waals surface area contributed by atoms with E-state index in [-0.39, 0.29) is 5.38 Å². The molecule has 0 fully saturated rings. The van der Waals surface area contributed by atoms with Crippen molar-refractivity contribution in [3.05, 3.63) is 39.6 Å². The normalized spacial score (nSPS) is 13.1. The summed E-state index contributed by atoms with van der Waals surface area (Å²) in [7, 11) is 0. The van der Waals surface area contributed by atoms with Crippen molar-refractivity contribution in [3.63, 3.8) is 0 Å². The van der Waals surface area contributed by atoms with Crippen molar-refractivity contribution in [2.24, 2.45) is 0 Å². The number of halogens is 4. The summed E-state index contributed by atoms with van der Waals surface area (Å²) < 4.78 is 2.91. The zero-order chi connectivity index (χ0) is 11.0. The second kappa shape index (κ2) is 5.23. The Morgan fingerprint density at radius 2 is 2.13 bits per heavy atom. The van der Waals surface area contributed by atoms with Gasteiger partial charge < -0.3 is 0 Å². The van der Waals surface area contributed by atoms with Crippen LogP contribution in [0.1, 0.15) is 15.8 Å². The van der Waals surface area contributed by atoms with E-state index in [0.29, 0.717) is 0 Å². The molecule has 2 heterocycles. The minimum absolute atomic E-state index is 0.0986. The summed E-state index contributed by atoms with van der Waals surface area (Å²) in [5.74, 6) is 0. The lowest BCUT2D eigenvalue weighted by molar-refractivity contribution is 1.20. The van der Waals surface area contributed by atoms with Crippen LogP contribution < -0.4 is 0 Å². The van der Waals surface area contributed by atoms with Gasteiger partial charge in [-0.2, -0.15) is 0 Å². The Hall–Kier alpha value is 1.19. The van der Waals surface area contributed by atoms with E-state index in [9.17, 15) is 0 Å². The van der Waals surface area contributed by atoms with Crippen molar-refractivity contribution in [1.29, 1.82) is 0 Å². The highest BCUT2D eigenvalue weighted by molar-refractivity contribution is 14.1. The first kappa shape index (κ1) is 12.6. The molecule has 2 aromatic heterocycles. The molecule has 2 aromatic rings. The number of hydrogen-bond donors (Lipinski definition) is 0. The molecule has 0 nitrogen and oxygen atoms in total. The molecule has 0 aliphatic rings. The van der Waals surface area contributed by atoms with Gasteiger partial charge in [0.2, 0.25) is 0 Å². The smallest absolute Gasteiger partial charge is 0.107 e. The number of rotatable bonds is 2. The second-order valence-electron chi connectivity index (χ2n) is 2.82. The first-order chi connectivity index (χ1) is 7.08. The van der Waals surface area contributed by atoms with E-state index in [2.05, 4.69) is 50.0 Å². The fraction of sp³-hybridized carbons (Fsp3) is 0.111. The quantitative estimate of drug-likeness (QED) is 0.377. The van der Waals surface area contributed by atoms with Crippen LogP contribution >= 0.6 is 84.4 Å². The van der Waals surface area contributed by atoms with E-state index in [0.717, 1.165) is 19.2 Å². The summed E-state index contributed by atoms with van der Waals surface area (Å²) in [6, 6.07) is 4.08. The molecule has 0 radical (unpaired) electrons. The van der Waals surface area contributed by atoms with Gasteiger partial charge in [-0.1, -0.05) is 11.6 Å². The first-order valence-electron chi connectivity index (χ1n) is 3.90. The Labute approximate surface area is 128 Å². The van der Waals surface area contributed by atoms with E-state index in [4.69, 9.17) is 23.2 Å². The third-order valence-corrected chi connectivity index (χ3v) is 6.76. The van der Waals surface area contributed by atoms with Crippen molar-refractivity contribution in [1.82, 2.24) is 0 Å². The summed E-state index contributed by atoms with van der Waals surface area (Å²) in [6.07, 6.45) is 0. The van der Waals surface area contributed by atoms with Crippen LogP contribution in [-0.4, -0.2) is 0 Å². The predicted octanol–water partition coefficient (Wildman–Crippen LogP) is 6.16. The summed E-state index contributed by atoms with van der Waals surface area (Å²) >= 11 is 21.2. The fourth-order valence-electron chi connectivity index (χ4n) is 1.11. The Balaban J connectivity index is 2.31. The van der Waals surface area contributed by atoms with Crippen LogP contribution in [0.15, 0.2) is 22.0 Å². The molecule has 6 heteroatoms. The highest BCUT2D eigenvalue weighted by Crippen LogP contribution is 2.41. The zero-order valence-electron chi connectivity index (χ0n) is 7.14. The lowest BCUT2D eigenvalue weighted by Crippen LogP contribution is -1.85. The molecule has 0 N–H and O–H groups in total. The Bertz CT molecular complexity index is 461. The molecular formula is C9H4BrCl2IS2. The van der Waals surface area contributed by atoms with Crippen LogP contribution in [0, 0.1) is 2.88 Å². The van der Waals surface area contributed by atoms with Crippen molar-refractivity contribution < 1.29 is 0 Å². The topological polar surface area (TPSA) is 0 Å². The van der Waals surface area contributed by atoms with E-state index in [1.54, 1.807) is 11.3 Å². The van der Waals surface area contributed by atoms with Gasteiger partial charge in [-0.15, -0.1) is 34.3 Å². The van der Waals surface area contributed by atoms with E-state index in [1.807, 2.05) is 6.07 Å². The molecule has 0 bridgehead atoms. The lowest BCUT2D eigenvalue weighted by atomic mass is 10.2. The molecule has 0 aromatic carbocycles. The number of alkyl halides is 1. The van der Waals surface area contributed by atoms with Crippen LogP contribution in [0.4, 0.5) is 0 Å². The van der Waals surface area contributed by atoms with Crippen LogP contribution in [0.2, 0.25) is 4.34 Å². The average Bonchev–Trinajstić information content (AvgIpc) is 2.74. The third-order valence-electron chi connectivity index (χ3n) is 1.79. The Morgan fingerprint density at radius 3 is 2.60 bits per heavy atom. The van der Waals surface area contributed by atoms with Gasteiger partial charge in [0, 0.05) is 9.35 Å². The van der Waals surface area contributed by atoms with Crippen LogP contribution in [0.3, 0.4) is 0 Å². The molecule has 1 unspecified atom stereocenters. The van der Waals surface area contributed by atoms with Crippen molar-refractivity contribution in [3.8, 4) is 0 Å². The maximum atomic E-state index is 6.36. The summed E-state index contributed by atoms with van der Waals surface area (Å²) in [6.45, 7) is 0. The van der Waals surface area contributed by atoms with Crippen molar-refractivity contribution >= 4 is 84.4 Å². The fourth-order valence-corrected chi connectivity index (χ4v) is 4.65. The molecule has 80 valence electrons. The van der Waals surface area contributed by atoms with Gasteiger partial charge in [0.1, 0.15) is 4.34 Å². The molecule has 0 saturated carbocycles. The monoisotopic (exact) mass is 452 g/mol. The van der Waals surface area contributed by atoms with E-state index in [1.165, 1.54) is 14.2 Å². The summed E-state index contributed by atoms with van der Waals surface area (Å²) in [5, 5.41) is 1.99. The summed E-state index contributed by atoms with van der Waals surface area (Å²) in [4.78, 5) is 1.07. The molecule has 0 spiro atoms. The molecule has 0 saturated heterocycles. The van der Waals surface area contributed by atoms with Crippen LogP contribution in [-0.2, 0) is 0 Å². The highest BCUT2D eigenvalue weighted by Gasteiger charge is 2.16. The molecule has 15 heavy (non-hydrogen) atoms. The molecule has 1 atom stereocenters. The second-order valence-corrected chi connectivity index (χ2v) is 8.60. The van der Waals surface area contributed by atoms with E-state index < -0.39 is 0 Å². The van der Waals surface area contributed by atoms with Gasteiger partial charge in [0.15, 0.2) is 0 Å². The lowest BCUT2D eigenvalue weighted by Gasteiger charge is -2.02. The highest BCUT2D eigenvalue weighted by atomic mass is 127. The Kier molecular flexibility index (Phi) is 4.41. The van der Waals surface area contributed by atoms with Crippen LogP contribution in [0.25, 0.3) is 0 Å². The SMILES string of the molecule is Clc1sc(C(Cl)c2csc(I)c2)cc1Br. The van der Waals surface area contributed by atoms with Gasteiger partial charge in [0.05, 0.1) is 8.26 Å². The van der Waals surface area contributed by atoms with E-state index >= 15 is 0 Å². The van der Waals surface area contributed by atoms with Crippen LogP contribution in [0.5, 0.6) is 0 Å². The van der Waals surface area contributed by atoms with Gasteiger partial charge in [-0.25, -0.2) is 0 Å². The largest absolute Gasteiger partial charge is 0.137 e. The summed E-state index contributed by atoms with van der Waals surface area (Å²) in [5.41, 5.74) is 1.14. The average molecular weight is 454 g/mol. The zero-order valence-corrected chi connectivity index (χ0v) is 14.0. The maximum absolute atomic E-state index is 6.36. The number of hydrogen-bond acceptors (Lipinski definition) is 2. The molecule has 0 aliphatic carbocycles. The van der Waals surface area contributed by atoms with Gasteiger partial charge in [0.25, 0.3) is 0 Å². The molecule has 2 rings (SSSR count). The minimum atomic E-state index is -0.0986. The molecule has 0 aliphatic heterocycles. The van der Waals surface area contributed by atoms with Crippen molar-refractivity contribution in [2.75, 3.05) is 0 Å². The Morgan fingerprint density at radius 1 is 1.40 bits per heavy atom. The van der Waals surface area contributed by atoms with Gasteiger partial charge in [-0.05, 0) is 61.6 Å². The standard InChI is InChI=1S/C9H4BrCl2IS2/c10-5-2-6(15-9(5)12)8(11)4-1-7(13)14-3-4/h1-3,8H. The number of thiophene rings is 2. The van der Waals surface area contributed by atoms with Crippen molar-refractivity contribution in [2.45, 2.75) is 5.38 Å². The first-order valence-corrected chi connectivity index (χ1v) is 8.29. The maximum Gasteiger partial charge on any atom is 0.107 e. The third kappa shape index (κ3) is 2.90. The predicted molar refractivity (Wildman–Crippen MR) is 81.8 cm³/mol. The molecular weight excluding hydrogens is 450 g/mol. The van der Waals surface area contributed by atoms with Gasteiger partial charge >= 0.3 is 0 Å². The molecule has 0 amide bonds.